The van der Waals surface area contributed by atoms with E-state index >= 15 is 0 Å². The van der Waals surface area contributed by atoms with Gasteiger partial charge in [-0.05, 0) is 25.5 Å². The molecule has 0 fully saturated rings. The molecule has 0 saturated heterocycles. The standard InChI is InChI=1S/C19H25N5O3/c1-11(2)12(3)18(20)23-16-7-8-21-19(24-16)22-13-9-14(25-4)17(27-6)15(10-13)26-5/h7-10H,1,20H2,2-6H3,(H2,21,22,23,24)/b18-12+. The number of hydrogen-bond acceptors (Lipinski definition) is 8. The Balaban J connectivity index is 2.29. The van der Waals surface area contributed by atoms with Crippen LogP contribution in [0.1, 0.15) is 13.8 Å². The molecule has 8 heteroatoms. The number of nitrogens with zero attached hydrogens (tertiary/aromatic N) is 2. The predicted octanol–water partition coefficient (Wildman–Crippen LogP) is 3.42. The lowest BCUT2D eigenvalue weighted by atomic mass is 10.1. The molecule has 1 aromatic heterocycles. The summed E-state index contributed by atoms with van der Waals surface area (Å²) in [6, 6.07) is 5.26. The van der Waals surface area contributed by atoms with Gasteiger partial charge in [-0.15, -0.1) is 0 Å². The quantitative estimate of drug-likeness (QED) is 0.607. The molecule has 0 amide bonds. The third-order valence-corrected chi connectivity index (χ3v) is 3.88. The van der Waals surface area contributed by atoms with Gasteiger partial charge in [-0.25, -0.2) is 4.98 Å². The van der Waals surface area contributed by atoms with E-state index in [0.717, 1.165) is 11.1 Å². The van der Waals surface area contributed by atoms with E-state index < -0.39 is 0 Å². The molecule has 2 aromatic rings. The highest BCUT2D eigenvalue weighted by atomic mass is 16.5. The van der Waals surface area contributed by atoms with E-state index in [1.165, 1.54) is 0 Å². The highest BCUT2D eigenvalue weighted by Gasteiger charge is 2.14. The first-order valence-electron chi connectivity index (χ1n) is 8.19. The normalized spacial score (nSPS) is 11.3. The molecule has 1 heterocycles. The lowest BCUT2D eigenvalue weighted by Crippen LogP contribution is -2.13. The molecule has 0 bridgehead atoms. The number of benzene rings is 1. The SMILES string of the molecule is C=C(C)/C(C)=C(\N)Nc1ccnc(Nc2cc(OC)c(OC)c(OC)c2)n1. The van der Waals surface area contributed by atoms with Gasteiger partial charge >= 0.3 is 0 Å². The third kappa shape index (κ3) is 4.81. The lowest BCUT2D eigenvalue weighted by molar-refractivity contribution is 0.324. The maximum atomic E-state index is 6.04. The molecule has 0 saturated carbocycles. The summed E-state index contributed by atoms with van der Waals surface area (Å²) in [5.74, 6) is 2.99. The van der Waals surface area contributed by atoms with Gasteiger partial charge in [0.2, 0.25) is 11.7 Å². The van der Waals surface area contributed by atoms with Crippen molar-refractivity contribution in [3.63, 3.8) is 0 Å². The molecule has 144 valence electrons. The van der Waals surface area contributed by atoms with Crippen LogP contribution in [0.3, 0.4) is 0 Å². The average molecular weight is 371 g/mol. The molecular formula is C19H25N5O3. The smallest absolute Gasteiger partial charge is 0.229 e. The van der Waals surface area contributed by atoms with E-state index in [9.17, 15) is 0 Å². The van der Waals surface area contributed by atoms with Crippen molar-refractivity contribution in [1.82, 2.24) is 9.97 Å². The van der Waals surface area contributed by atoms with Crippen LogP contribution in [0, 0.1) is 0 Å². The van der Waals surface area contributed by atoms with Crippen LogP contribution in [0.5, 0.6) is 17.2 Å². The van der Waals surface area contributed by atoms with Crippen LogP contribution in [0.15, 0.2) is 47.9 Å². The van der Waals surface area contributed by atoms with Crippen LogP contribution in [0.2, 0.25) is 0 Å². The van der Waals surface area contributed by atoms with E-state index in [4.69, 9.17) is 19.9 Å². The van der Waals surface area contributed by atoms with E-state index in [0.29, 0.717) is 40.5 Å². The van der Waals surface area contributed by atoms with Crippen molar-refractivity contribution < 1.29 is 14.2 Å². The molecule has 0 aliphatic carbocycles. The summed E-state index contributed by atoms with van der Waals surface area (Å²) >= 11 is 0. The second-order valence-corrected chi connectivity index (χ2v) is 5.75. The molecule has 0 unspecified atom stereocenters. The van der Waals surface area contributed by atoms with Gasteiger partial charge in [0, 0.05) is 24.0 Å². The molecule has 0 spiro atoms. The van der Waals surface area contributed by atoms with Crippen molar-refractivity contribution >= 4 is 17.5 Å². The van der Waals surface area contributed by atoms with Gasteiger partial charge in [-0.1, -0.05) is 12.2 Å². The molecule has 4 N–H and O–H groups in total. The van der Waals surface area contributed by atoms with Crippen molar-refractivity contribution in [1.29, 1.82) is 0 Å². The Hall–Kier alpha value is -3.42. The molecule has 2 rings (SSSR count). The first kappa shape index (κ1) is 19.9. The minimum Gasteiger partial charge on any atom is -0.493 e. The van der Waals surface area contributed by atoms with Gasteiger partial charge in [0.15, 0.2) is 11.5 Å². The van der Waals surface area contributed by atoms with Crippen molar-refractivity contribution in [2.24, 2.45) is 5.73 Å². The number of nitrogens with two attached hydrogens (primary N) is 1. The molecule has 0 atom stereocenters. The number of methoxy groups -OCH3 is 3. The van der Waals surface area contributed by atoms with Crippen LogP contribution in [0.4, 0.5) is 17.5 Å². The number of rotatable bonds is 8. The van der Waals surface area contributed by atoms with Crippen LogP contribution in [-0.2, 0) is 0 Å². The minimum absolute atomic E-state index is 0.384. The summed E-state index contributed by atoms with van der Waals surface area (Å²) in [6.45, 7) is 7.66. The summed E-state index contributed by atoms with van der Waals surface area (Å²) in [6.07, 6.45) is 1.62. The topological polar surface area (TPSA) is 104 Å². The Morgan fingerprint density at radius 2 is 1.70 bits per heavy atom. The van der Waals surface area contributed by atoms with Crippen LogP contribution < -0.4 is 30.6 Å². The fourth-order valence-electron chi connectivity index (χ4n) is 2.23. The lowest BCUT2D eigenvalue weighted by Gasteiger charge is -2.15. The number of anilines is 3. The zero-order valence-electron chi connectivity index (χ0n) is 16.2. The number of allylic oxidation sites excluding steroid dienone is 2. The highest BCUT2D eigenvalue weighted by Crippen LogP contribution is 2.40. The Bertz CT molecular complexity index is 839. The molecule has 0 aliphatic heterocycles. The number of hydrogen-bond donors (Lipinski definition) is 3. The Morgan fingerprint density at radius 1 is 1.07 bits per heavy atom. The van der Waals surface area contributed by atoms with Crippen molar-refractivity contribution in [2.75, 3.05) is 32.0 Å². The second kappa shape index (κ2) is 8.79. The third-order valence-electron chi connectivity index (χ3n) is 3.88. The zero-order valence-corrected chi connectivity index (χ0v) is 16.2. The maximum Gasteiger partial charge on any atom is 0.229 e. The zero-order chi connectivity index (χ0) is 20.0. The monoisotopic (exact) mass is 371 g/mol. The van der Waals surface area contributed by atoms with Crippen LogP contribution in [-0.4, -0.2) is 31.3 Å². The van der Waals surface area contributed by atoms with E-state index in [2.05, 4.69) is 27.2 Å². The summed E-state index contributed by atoms with van der Waals surface area (Å²) in [5.41, 5.74) is 8.47. The fourth-order valence-corrected chi connectivity index (χ4v) is 2.23. The maximum absolute atomic E-state index is 6.04. The second-order valence-electron chi connectivity index (χ2n) is 5.75. The first-order valence-corrected chi connectivity index (χ1v) is 8.19. The van der Waals surface area contributed by atoms with Crippen LogP contribution >= 0.6 is 0 Å². The van der Waals surface area contributed by atoms with Gasteiger partial charge in [0.05, 0.1) is 21.3 Å². The first-order chi connectivity index (χ1) is 12.9. The van der Waals surface area contributed by atoms with Crippen molar-refractivity contribution in [3.05, 3.63) is 47.9 Å². The van der Waals surface area contributed by atoms with Crippen LogP contribution in [0.25, 0.3) is 0 Å². The number of aromatic nitrogens is 2. The summed E-state index contributed by atoms with van der Waals surface area (Å²) in [5, 5.41) is 6.17. The summed E-state index contributed by atoms with van der Waals surface area (Å²) in [7, 11) is 4.67. The van der Waals surface area contributed by atoms with Crippen molar-refractivity contribution in [2.45, 2.75) is 13.8 Å². The largest absolute Gasteiger partial charge is 0.493 e. The van der Waals surface area contributed by atoms with E-state index in [1.54, 1.807) is 45.7 Å². The van der Waals surface area contributed by atoms with Gasteiger partial charge in [-0.3, -0.25) is 0 Å². The van der Waals surface area contributed by atoms with E-state index in [1.807, 2.05) is 13.8 Å². The molecule has 0 radical (unpaired) electrons. The fraction of sp³-hybridized carbons (Fsp3) is 0.263. The van der Waals surface area contributed by atoms with Gasteiger partial charge in [-0.2, -0.15) is 4.98 Å². The molecule has 0 aliphatic rings. The molecule has 8 nitrogen and oxygen atoms in total. The Kier molecular flexibility index (Phi) is 6.48. The summed E-state index contributed by atoms with van der Waals surface area (Å²) in [4.78, 5) is 8.64. The van der Waals surface area contributed by atoms with Gasteiger partial charge < -0.3 is 30.6 Å². The average Bonchev–Trinajstić information content (AvgIpc) is 2.66. The summed E-state index contributed by atoms with van der Waals surface area (Å²) < 4.78 is 16.0. The Morgan fingerprint density at radius 3 is 2.22 bits per heavy atom. The number of ether oxygens (including phenoxy) is 3. The molecular weight excluding hydrogens is 346 g/mol. The van der Waals surface area contributed by atoms with E-state index in [-0.39, 0.29) is 0 Å². The molecule has 27 heavy (non-hydrogen) atoms. The minimum atomic E-state index is 0.384. The van der Waals surface area contributed by atoms with Gasteiger partial charge in [0.1, 0.15) is 11.6 Å². The Labute approximate surface area is 159 Å². The predicted molar refractivity (Wildman–Crippen MR) is 107 cm³/mol. The van der Waals surface area contributed by atoms with Crippen molar-refractivity contribution in [3.8, 4) is 17.2 Å². The number of nitrogens with one attached hydrogen (secondary N) is 2. The van der Waals surface area contributed by atoms with Gasteiger partial charge in [0.25, 0.3) is 0 Å². The highest BCUT2D eigenvalue weighted by molar-refractivity contribution is 5.66. The molecule has 1 aromatic carbocycles.